The standard InChI is InChI=1S/C16H13Br3F2/c17-9-16(10-18,12-1-3-13(20)4-2-12)8-11-7-14(21)5-6-15(11)19/h1-7H,8-10H2. The van der Waals surface area contributed by atoms with Crippen molar-refractivity contribution in [1.29, 1.82) is 0 Å². The Morgan fingerprint density at radius 3 is 2.00 bits per heavy atom. The minimum atomic E-state index is -0.274. The van der Waals surface area contributed by atoms with Crippen molar-refractivity contribution in [2.45, 2.75) is 11.8 Å². The second-order valence-electron chi connectivity index (χ2n) is 4.97. The fourth-order valence-corrected chi connectivity index (χ4v) is 4.59. The summed E-state index contributed by atoms with van der Waals surface area (Å²) in [5.74, 6) is -0.519. The molecule has 0 aliphatic rings. The van der Waals surface area contributed by atoms with E-state index >= 15 is 0 Å². The molecule has 0 saturated heterocycles. The van der Waals surface area contributed by atoms with Gasteiger partial charge in [0, 0.05) is 20.5 Å². The van der Waals surface area contributed by atoms with Crippen LogP contribution in [-0.2, 0) is 11.8 Å². The first-order valence-electron chi connectivity index (χ1n) is 6.33. The van der Waals surface area contributed by atoms with Crippen molar-refractivity contribution in [1.82, 2.24) is 0 Å². The predicted octanol–water partition coefficient (Wildman–Crippen LogP) is 6.00. The molecule has 5 heteroatoms. The van der Waals surface area contributed by atoms with Crippen LogP contribution in [0, 0.1) is 11.6 Å². The summed E-state index contributed by atoms with van der Waals surface area (Å²) in [5.41, 5.74) is 1.62. The molecular weight excluding hydrogens is 470 g/mol. The molecule has 2 rings (SSSR count). The highest BCUT2D eigenvalue weighted by Crippen LogP contribution is 2.35. The second kappa shape index (κ2) is 7.34. The molecule has 0 radical (unpaired) electrons. The van der Waals surface area contributed by atoms with Gasteiger partial charge in [0.2, 0.25) is 0 Å². The van der Waals surface area contributed by atoms with Crippen LogP contribution < -0.4 is 0 Å². The Labute approximate surface area is 148 Å². The van der Waals surface area contributed by atoms with Crippen LogP contribution >= 0.6 is 47.8 Å². The third-order valence-electron chi connectivity index (χ3n) is 3.50. The Balaban J connectivity index is 2.42. The molecule has 0 aliphatic heterocycles. The van der Waals surface area contributed by atoms with Gasteiger partial charge in [0.05, 0.1) is 0 Å². The number of alkyl halides is 2. The van der Waals surface area contributed by atoms with Crippen molar-refractivity contribution >= 4 is 47.8 Å². The van der Waals surface area contributed by atoms with Crippen molar-refractivity contribution in [3.63, 3.8) is 0 Å². The molecular formula is C16H13Br3F2. The summed E-state index contributed by atoms with van der Waals surface area (Å²) in [7, 11) is 0. The predicted molar refractivity (Wildman–Crippen MR) is 93.5 cm³/mol. The lowest BCUT2D eigenvalue weighted by molar-refractivity contribution is 0.542. The zero-order valence-electron chi connectivity index (χ0n) is 11.1. The lowest BCUT2D eigenvalue weighted by atomic mass is 9.79. The molecule has 0 nitrogen and oxygen atoms in total. The number of rotatable bonds is 5. The molecule has 0 fully saturated rings. The smallest absolute Gasteiger partial charge is 0.123 e. The van der Waals surface area contributed by atoms with Crippen molar-refractivity contribution in [3.8, 4) is 0 Å². The van der Waals surface area contributed by atoms with E-state index in [-0.39, 0.29) is 17.0 Å². The molecule has 0 heterocycles. The summed E-state index contributed by atoms with van der Waals surface area (Å²) in [5, 5.41) is 1.36. The molecule has 0 aromatic heterocycles. The van der Waals surface area contributed by atoms with Gasteiger partial charge in [-0.1, -0.05) is 59.9 Å². The fraction of sp³-hybridized carbons (Fsp3) is 0.250. The van der Waals surface area contributed by atoms with Gasteiger partial charge in [-0.25, -0.2) is 8.78 Å². The van der Waals surface area contributed by atoms with Crippen LogP contribution in [-0.4, -0.2) is 10.7 Å². The summed E-state index contributed by atoms with van der Waals surface area (Å²) in [6, 6.07) is 11.1. The third-order valence-corrected chi connectivity index (χ3v) is 6.43. The number of hydrogen-bond donors (Lipinski definition) is 0. The summed E-state index contributed by atoms with van der Waals surface area (Å²) >= 11 is 10.6. The molecule has 2 aromatic carbocycles. The second-order valence-corrected chi connectivity index (χ2v) is 6.94. The molecule has 0 amide bonds. The molecule has 0 N–H and O–H groups in total. The number of benzene rings is 2. The van der Waals surface area contributed by atoms with Crippen LogP contribution in [0.1, 0.15) is 11.1 Å². The van der Waals surface area contributed by atoms with Gasteiger partial charge in [0.1, 0.15) is 11.6 Å². The molecule has 0 atom stereocenters. The van der Waals surface area contributed by atoms with Gasteiger partial charge in [-0.2, -0.15) is 0 Å². The van der Waals surface area contributed by atoms with Crippen LogP contribution in [0.2, 0.25) is 0 Å². The summed E-state index contributed by atoms with van der Waals surface area (Å²) in [4.78, 5) is 0. The molecule has 0 spiro atoms. The summed E-state index contributed by atoms with van der Waals surface area (Å²) < 4.78 is 27.5. The Hall–Kier alpha value is -0.260. The van der Waals surface area contributed by atoms with Gasteiger partial charge in [-0.3, -0.25) is 0 Å². The Morgan fingerprint density at radius 2 is 1.43 bits per heavy atom. The first-order chi connectivity index (χ1) is 10.0. The maximum atomic E-state index is 13.5. The Morgan fingerprint density at radius 1 is 0.857 bits per heavy atom. The summed E-state index contributed by atoms with van der Waals surface area (Å²) in [6.07, 6.45) is 0.632. The van der Waals surface area contributed by atoms with Crippen LogP contribution in [0.3, 0.4) is 0 Å². The topological polar surface area (TPSA) is 0 Å². The molecule has 0 bridgehead atoms. The third kappa shape index (κ3) is 3.93. The van der Waals surface area contributed by atoms with E-state index in [2.05, 4.69) is 47.8 Å². The monoisotopic (exact) mass is 480 g/mol. The van der Waals surface area contributed by atoms with E-state index in [0.717, 1.165) is 15.6 Å². The van der Waals surface area contributed by atoms with Crippen LogP contribution in [0.25, 0.3) is 0 Å². The lowest BCUT2D eigenvalue weighted by Crippen LogP contribution is -2.33. The van der Waals surface area contributed by atoms with E-state index in [1.807, 2.05) is 0 Å². The SMILES string of the molecule is Fc1ccc(C(CBr)(CBr)Cc2cc(F)ccc2Br)cc1. The minimum absolute atomic E-state index is 0.259. The van der Waals surface area contributed by atoms with E-state index < -0.39 is 0 Å². The molecule has 2 aromatic rings. The van der Waals surface area contributed by atoms with E-state index in [9.17, 15) is 8.78 Å². The number of hydrogen-bond acceptors (Lipinski definition) is 0. The first kappa shape index (κ1) is 17.1. The van der Waals surface area contributed by atoms with Crippen LogP contribution in [0.4, 0.5) is 8.78 Å². The minimum Gasteiger partial charge on any atom is -0.207 e. The average molecular weight is 483 g/mol. The maximum Gasteiger partial charge on any atom is 0.123 e. The van der Waals surface area contributed by atoms with Crippen molar-refractivity contribution < 1.29 is 8.78 Å². The Bertz CT molecular complexity index is 607. The van der Waals surface area contributed by atoms with E-state index in [0.29, 0.717) is 17.1 Å². The highest BCUT2D eigenvalue weighted by atomic mass is 79.9. The van der Waals surface area contributed by atoms with Gasteiger partial charge >= 0.3 is 0 Å². The molecule has 21 heavy (non-hydrogen) atoms. The van der Waals surface area contributed by atoms with E-state index in [4.69, 9.17) is 0 Å². The summed E-state index contributed by atoms with van der Waals surface area (Å²) in [6.45, 7) is 0. The van der Waals surface area contributed by atoms with Crippen molar-refractivity contribution in [2.24, 2.45) is 0 Å². The lowest BCUT2D eigenvalue weighted by Gasteiger charge is -2.31. The van der Waals surface area contributed by atoms with Gasteiger partial charge in [0.25, 0.3) is 0 Å². The zero-order chi connectivity index (χ0) is 15.5. The van der Waals surface area contributed by atoms with E-state index in [1.165, 1.54) is 24.3 Å². The van der Waals surface area contributed by atoms with Gasteiger partial charge < -0.3 is 0 Å². The molecule has 0 aliphatic carbocycles. The maximum absolute atomic E-state index is 13.5. The quantitative estimate of drug-likeness (QED) is 0.459. The van der Waals surface area contributed by atoms with Gasteiger partial charge in [-0.15, -0.1) is 0 Å². The molecule has 0 saturated carbocycles. The highest BCUT2D eigenvalue weighted by molar-refractivity contribution is 9.10. The zero-order valence-corrected chi connectivity index (χ0v) is 15.8. The fourth-order valence-electron chi connectivity index (χ4n) is 2.23. The van der Waals surface area contributed by atoms with Gasteiger partial charge in [0.15, 0.2) is 0 Å². The Kier molecular flexibility index (Phi) is 5.97. The largest absolute Gasteiger partial charge is 0.207 e. The first-order valence-corrected chi connectivity index (χ1v) is 9.36. The van der Waals surface area contributed by atoms with Crippen molar-refractivity contribution in [2.75, 3.05) is 10.7 Å². The average Bonchev–Trinajstić information content (AvgIpc) is 2.49. The van der Waals surface area contributed by atoms with Crippen molar-refractivity contribution in [3.05, 3.63) is 69.7 Å². The van der Waals surface area contributed by atoms with Crippen LogP contribution in [0.15, 0.2) is 46.9 Å². The highest BCUT2D eigenvalue weighted by Gasteiger charge is 2.31. The normalized spacial score (nSPS) is 11.7. The molecule has 112 valence electrons. The molecule has 0 unspecified atom stereocenters. The van der Waals surface area contributed by atoms with E-state index in [1.54, 1.807) is 18.2 Å². The number of halogens is 5. The van der Waals surface area contributed by atoms with Gasteiger partial charge in [-0.05, 0) is 47.9 Å². The van der Waals surface area contributed by atoms with Crippen LogP contribution in [0.5, 0.6) is 0 Å².